The first-order chi connectivity index (χ1) is 9.62. The molecule has 1 N–H and O–H groups in total. The first-order valence-corrected chi connectivity index (χ1v) is 7.70. The molecule has 2 unspecified atom stereocenters. The highest BCUT2D eigenvalue weighted by atomic mass is 16.5. The summed E-state index contributed by atoms with van der Waals surface area (Å²) in [5.74, 6) is 1.04. The molecule has 1 heterocycles. The van der Waals surface area contributed by atoms with Crippen molar-refractivity contribution in [2.45, 2.75) is 45.1 Å². The molecule has 0 radical (unpaired) electrons. The Bertz CT molecular complexity index is 355. The molecule has 1 saturated heterocycles. The monoisotopic (exact) mass is 282 g/mol. The van der Waals surface area contributed by atoms with Gasteiger partial charge in [0.2, 0.25) is 5.91 Å². The lowest BCUT2D eigenvalue weighted by molar-refractivity contribution is -0.143. The summed E-state index contributed by atoms with van der Waals surface area (Å²) in [5.41, 5.74) is 0. The van der Waals surface area contributed by atoms with Crippen molar-refractivity contribution in [2.24, 2.45) is 11.8 Å². The van der Waals surface area contributed by atoms with Crippen LogP contribution in [-0.4, -0.2) is 49.6 Å². The minimum absolute atomic E-state index is 0.179. The summed E-state index contributed by atoms with van der Waals surface area (Å²) >= 11 is 0. The van der Waals surface area contributed by atoms with E-state index >= 15 is 0 Å². The summed E-state index contributed by atoms with van der Waals surface area (Å²) < 4.78 is 4.76. The van der Waals surface area contributed by atoms with Crippen LogP contribution in [-0.2, 0) is 14.3 Å². The van der Waals surface area contributed by atoms with Crippen LogP contribution in [0.3, 0.4) is 0 Å². The van der Waals surface area contributed by atoms with Gasteiger partial charge in [0.25, 0.3) is 0 Å². The smallest absolute Gasteiger partial charge is 0.305 e. The third-order valence-electron chi connectivity index (χ3n) is 4.27. The van der Waals surface area contributed by atoms with Crippen LogP contribution in [0.4, 0.5) is 0 Å². The third-order valence-corrected chi connectivity index (χ3v) is 4.27. The fourth-order valence-corrected chi connectivity index (χ4v) is 2.90. The van der Waals surface area contributed by atoms with Crippen molar-refractivity contribution < 1.29 is 14.3 Å². The lowest BCUT2D eigenvalue weighted by atomic mass is 9.91. The van der Waals surface area contributed by atoms with E-state index in [2.05, 4.69) is 5.32 Å². The van der Waals surface area contributed by atoms with Crippen LogP contribution >= 0.6 is 0 Å². The first-order valence-electron chi connectivity index (χ1n) is 7.70. The van der Waals surface area contributed by atoms with Crippen LogP contribution < -0.4 is 5.32 Å². The highest BCUT2D eigenvalue weighted by molar-refractivity contribution is 5.76. The number of ether oxygens (including phenoxy) is 1. The van der Waals surface area contributed by atoms with E-state index in [9.17, 15) is 9.59 Å². The fourth-order valence-electron chi connectivity index (χ4n) is 2.90. The van der Waals surface area contributed by atoms with Gasteiger partial charge in [-0.15, -0.1) is 0 Å². The van der Waals surface area contributed by atoms with Gasteiger partial charge in [0, 0.05) is 25.6 Å². The third kappa shape index (κ3) is 4.47. The van der Waals surface area contributed by atoms with Gasteiger partial charge in [0.1, 0.15) is 0 Å². The van der Waals surface area contributed by atoms with Crippen LogP contribution in [0.5, 0.6) is 0 Å². The Kier molecular flexibility index (Phi) is 5.40. The van der Waals surface area contributed by atoms with Crippen molar-refractivity contribution in [3.05, 3.63) is 0 Å². The number of nitrogens with zero attached hydrogens (tertiary/aromatic N) is 1. The van der Waals surface area contributed by atoms with Gasteiger partial charge in [0.15, 0.2) is 0 Å². The van der Waals surface area contributed by atoms with Gasteiger partial charge in [-0.1, -0.05) is 6.92 Å². The Morgan fingerprint density at radius 3 is 2.60 bits per heavy atom. The molecule has 0 bridgehead atoms. The second-order valence-electron chi connectivity index (χ2n) is 6.08. The van der Waals surface area contributed by atoms with E-state index in [4.69, 9.17) is 4.74 Å². The molecule has 0 spiro atoms. The molecule has 2 fully saturated rings. The predicted octanol–water partition coefficient (Wildman–Crippen LogP) is 1.18. The normalized spacial score (nSPS) is 26.4. The molecular weight excluding hydrogens is 256 g/mol. The maximum Gasteiger partial charge on any atom is 0.305 e. The topological polar surface area (TPSA) is 58.6 Å². The predicted molar refractivity (Wildman–Crippen MR) is 76.1 cm³/mol. The Morgan fingerprint density at radius 2 is 2.00 bits per heavy atom. The number of rotatable bonds is 6. The number of methoxy groups -OCH3 is 1. The van der Waals surface area contributed by atoms with Gasteiger partial charge in [-0.3, -0.25) is 9.59 Å². The maximum atomic E-state index is 11.9. The molecule has 2 aliphatic rings. The minimum atomic E-state index is -0.179. The molecule has 5 nitrogen and oxygen atoms in total. The molecule has 1 aliphatic carbocycles. The Morgan fingerprint density at radius 1 is 1.25 bits per heavy atom. The number of carbonyl (C=O) groups is 2. The number of nitrogens with one attached hydrogen (secondary N) is 1. The van der Waals surface area contributed by atoms with Crippen molar-refractivity contribution in [1.29, 1.82) is 0 Å². The Labute approximate surface area is 121 Å². The second-order valence-corrected chi connectivity index (χ2v) is 6.08. The molecular formula is C15H26N2O3. The van der Waals surface area contributed by atoms with Crippen LogP contribution in [0.25, 0.3) is 0 Å². The van der Waals surface area contributed by atoms with E-state index < -0.39 is 0 Å². The van der Waals surface area contributed by atoms with Crippen LogP contribution in [0.15, 0.2) is 0 Å². The average molecular weight is 282 g/mol. The van der Waals surface area contributed by atoms with Gasteiger partial charge in [-0.05, 0) is 37.6 Å². The van der Waals surface area contributed by atoms with E-state index in [1.165, 1.54) is 20.0 Å². The zero-order valence-electron chi connectivity index (χ0n) is 12.6. The number of piperidine rings is 1. The van der Waals surface area contributed by atoms with Crippen LogP contribution in [0.2, 0.25) is 0 Å². The fraction of sp³-hybridized carbons (Fsp3) is 0.867. The molecule has 2 rings (SSSR count). The maximum absolute atomic E-state index is 11.9. The van der Waals surface area contributed by atoms with Crippen molar-refractivity contribution in [1.82, 2.24) is 10.2 Å². The summed E-state index contributed by atoms with van der Waals surface area (Å²) in [7, 11) is 1.42. The molecule has 0 aromatic heterocycles. The van der Waals surface area contributed by atoms with Gasteiger partial charge >= 0.3 is 5.97 Å². The molecule has 0 aromatic carbocycles. The number of amides is 1. The molecule has 5 heteroatoms. The summed E-state index contributed by atoms with van der Waals surface area (Å²) in [4.78, 5) is 25.3. The van der Waals surface area contributed by atoms with E-state index in [-0.39, 0.29) is 17.8 Å². The number of carbonyl (C=O) groups excluding carboxylic acids is 2. The van der Waals surface area contributed by atoms with E-state index in [0.717, 1.165) is 25.4 Å². The van der Waals surface area contributed by atoms with Crippen molar-refractivity contribution in [2.75, 3.05) is 26.7 Å². The molecule has 114 valence electrons. The first kappa shape index (κ1) is 15.3. The zero-order valence-corrected chi connectivity index (χ0v) is 12.6. The van der Waals surface area contributed by atoms with Gasteiger partial charge in [-0.25, -0.2) is 0 Å². The molecule has 1 aliphatic heterocycles. The van der Waals surface area contributed by atoms with Crippen molar-refractivity contribution in [3.8, 4) is 0 Å². The average Bonchev–Trinajstić information content (AvgIpc) is 3.28. The minimum Gasteiger partial charge on any atom is -0.469 e. The van der Waals surface area contributed by atoms with Crippen LogP contribution in [0.1, 0.15) is 39.0 Å². The Balaban J connectivity index is 1.89. The van der Waals surface area contributed by atoms with Crippen LogP contribution in [0, 0.1) is 11.8 Å². The van der Waals surface area contributed by atoms with Crippen molar-refractivity contribution >= 4 is 11.9 Å². The van der Waals surface area contributed by atoms with Gasteiger partial charge in [0.05, 0.1) is 13.5 Å². The highest BCUT2D eigenvalue weighted by Gasteiger charge is 2.31. The number of likely N-dealkylation sites (tertiary alicyclic amines) is 1. The quantitative estimate of drug-likeness (QED) is 0.743. The van der Waals surface area contributed by atoms with E-state index in [1.54, 1.807) is 0 Å². The summed E-state index contributed by atoms with van der Waals surface area (Å²) in [5, 5.41) is 3.57. The second kappa shape index (κ2) is 7.07. The van der Waals surface area contributed by atoms with E-state index in [0.29, 0.717) is 25.4 Å². The van der Waals surface area contributed by atoms with Crippen molar-refractivity contribution in [3.63, 3.8) is 0 Å². The standard InChI is InChI=1S/C15H26N2O3/c1-3-14(18)17-9-12(7-15(19)20-2)6-13(10-17)16-8-11-4-5-11/h11-13,16H,3-10H2,1-2H3. The lowest BCUT2D eigenvalue weighted by Gasteiger charge is -2.38. The van der Waals surface area contributed by atoms with E-state index in [1.807, 2.05) is 11.8 Å². The molecule has 0 aromatic rings. The van der Waals surface area contributed by atoms with Gasteiger partial charge < -0.3 is 15.0 Å². The molecule has 1 amide bonds. The summed E-state index contributed by atoms with van der Waals surface area (Å²) in [6.07, 6.45) is 4.53. The number of hydrogen-bond donors (Lipinski definition) is 1. The largest absolute Gasteiger partial charge is 0.469 e. The molecule has 2 atom stereocenters. The SMILES string of the molecule is CCC(=O)N1CC(CC(=O)OC)CC(NCC2CC2)C1. The Hall–Kier alpha value is -1.10. The highest BCUT2D eigenvalue weighted by Crippen LogP contribution is 2.28. The summed E-state index contributed by atoms with van der Waals surface area (Å²) in [6, 6.07) is 0.314. The molecule has 20 heavy (non-hydrogen) atoms. The van der Waals surface area contributed by atoms with Gasteiger partial charge in [-0.2, -0.15) is 0 Å². The zero-order chi connectivity index (χ0) is 14.5. The molecule has 1 saturated carbocycles. The summed E-state index contributed by atoms with van der Waals surface area (Å²) in [6.45, 7) is 4.39. The number of hydrogen-bond acceptors (Lipinski definition) is 4. The lowest BCUT2D eigenvalue weighted by Crippen LogP contribution is -2.51. The number of esters is 1.